The predicted molar refractivity (Wildman–Crippen MR) is 97.2 cm³/mol. The van der Waals surface area contributed by atoms with Crippen molar-refractivity contribution in [1.82, 2.24) is 0 Å². The van der Waals surface area contributed by atoms with E-state index in [4.69, 9.17) is 4.42 Å². The van der Waals surface area contributed by atoms with Gasteiger partial charge in [0.05, 0.1) is 0 Å². The van der Waals surface area contributed by atoms with Gasteiger partial charge in [0.25, 0.3) is 0 Å². The van der Waals surface area contributed by atoms with E-state index in [9.17, 15) is 37.4 Å². The number of phenols is 1. The summed E-state index contributed by atoms with van der Waals surface area (Å²) in [5, 5.41) is 19.0. The Balaban J connectivity index is 0.00000272. The van der Waals surface area contributed by atoms with Gasteiger partial charge in [0.1, 0.15) is 0 Å². The minimum atomic E-state index is -2.28. The van der Waals surface area contributed by atoms with Gasteiger partial charge in [-0.15, -0.1) is 0 Å². The molecule has 0 aromatic heterocycles. The summed E-state index contributed by atoms with van der Waals surface area (Å²) in [5.74, 6) is -11.1. The molecule has 1 aliphatic carbocycles. The maximum absolute atomic E-state index is 14.9. The summed E-state index contributed by atoms with van der Waals surface area (Å²) in [6, 6.07) is 6.90. The number of benzene rings is 3. The van der Waals surface area contributed by atoms with E-state index in [0.717, 1.165) is 18.2 Å². The summed E-state index contributed by atoms with van der Waals surface area (Å²) < 4.78 is 62.6. The van der Waals surface area contributed by atoms with Crippen molar-refractivity contribution >= 4 is 38.1 Å². The number of carbonyl (C=O) groups is 1. The van der Waals surface area contributed by atoms with Crippen molar-refractivity contribution in [2.24, 2.45) is 0 Å². The number of carboxylic acids is 1. The Morgan fingerprint density at radius 3 is 2.26 bits per heavy atom. The van der Waals surface area contributed by atoms with E-state index >= 15 is 0 Å². The van der Waals surface area contributed by atoms with Crippen LogP contribution in [0.4, 0.5) is 17.6 Å². The fraction of sp³-hybridized carbons (Fsp3) is 0. The molecular formula is C20H6AgAsF4O5. The molecule has 1 heterocycles. The Bertz CT molecular complexity index is 1420. The van der Waals surface area contributed by atoms with Crippen LogP contribution in [0.3, 0.4) is 0 Å². The number of carboxylic acid groups (broad SMARTS) is 1. The van der Waals surface area contributed by atoms with Crippen LogP contribution in [0.5, 0.6) is 5.75 Å². The molecule has 0 spiro atoms. The number of hydrogen-bond donors (Lipinski definition) is 2. The molecule has 2 N–H and O–H groups in total. The molecule has 0 fully saturated rings. The van der Waals surface area contributed by atoms with Crippen LogP contribution >= 0.6 is 0 Å². The molecular weight excluding hydrogens is 579 g/mol. The van der Waals surface area contributed by atoms with Crippen LogP contribution in [0.1, 0.15) is 10.4 Å². The van der Waals surface area contributed by atoms with Gasteiger partial charge in [-0.05, 0) is 0 Å². The third kappa shape index (κ3) is 3.47. The van der Waals surface area contributed by atoms with Gasteiger partial charge >= 0.3 is 195 Å². The molecule has 0 unspecified atom stereocenters. The number of hydrogen-bond acceptors (Lipinski definition) is 4. The quantitative estimate of drug-likeness (QED) is 0.0944. The Hall–Kier alpha value is -2.58. The minimum Gasteiger partial charge on any atom is 1.00 e. The zero-order chi connectivity index (χ0) is 21.9. The SMILES string of the molecule is O=C(O)c1c(F)c(F)c(F)c(F)c1-c1c2ccc(=O)c([As])c-2oc2[c-]c(O)ccc12.[Ag+]. The average Bonchev–Trinajstić information content (AvgIpc) is 2.70. The van der Waals surface area contributed by atoms with E-state index in [1.165, 1.54) is 6.07 Å². The third-order valence-corrected chi connectivity index (χ3v) is 5.35. The number of halogens is 4. The molecule has 5 nitrogen and oxygen atoms in total. The van der Waals surface area contributed by atoms with Gasteiger partial charge in [0.15, 0.2) is 0 Å². The van der Waals surface area contributed by atoms with Crippen molar-refractivity contribution in [2.75, 3.05) is 0 Å². The van der Waals surface area contributed by atoms with E-state index in [1.54, 1.807) is 0 Å². The fourth-order valence-electron chi connectivity index (χ4n) is 3.18. The monoisotopic (exact) mass is 584 g/mol. The molecule has 2 aromatic carbocycles. The maximum Gasteiger partial charge on any atom is 1.00 e. The summed E-state index contributed by atoms with van der Waals surface area (Å²) in [4.78, 5) is 23.7. The summed E-state index contributed by atoms with van der Waals surface area (Å²) in [6.45, 7) is 0. The summed E-state index contributed by atoms with van der Waals surface area (Å²) in [7, 11) is 0. The van der Waals surface area contributed by atoms with Crippen molar-refractivity contribution in [2.45, 2.75) is 0 Å². The molecule has 0 saturated heterocycles. The zero-order valence-electron chi connectivity index (χ0n) is 14.7. The molecule has 2 aromatic rings. The first-order valence-corrected chi connectivity index (χ1v) is 9.00. The van der Waals surface area contributed by atoms with Crippen molar-refractivity contribution in [1.29, 1.82) is 0 Å². The third-order valence-electron chi connectivity index (χ3n) is 4.46. The Morgan fingerprint density at radius 2 is 1.61 bits per heavy atom. The van der Waals surface area contributed by atoms with Crippen LogP contribution in [0, 0.1) is 29.3 Å². The van der Waals surface area contributed by atoms with Gasteiger partial charge in [-0.25, -0.2) is 0 Å². The normalized spacial score (nSPS) is 11.0. The molecule has 31 heavy (non-hydrogen) atoms. The number of aromatic carboxylic acids is 1. The maximum atomic E-state index is 14.9. The standard InChI is InChI=1S/C20H6AsF4O5.Ag/c21-14-9(27)4-3-8-11(7-2-1-6(26)5-10(7)30-19(8)14)12-13(20(28)29)16(23)18(25)17(24)15(12)22;/h1-4,26H,(H,28,29);/q-1;+1. The Morgan fingerprint density at radius 1 is 0.968 bits per heavy atom. The van der Waals surface area contributed by atoms with Crippen molar-refractivity contribution in [3.8, 4) is 28.2 Å². The average molecular weight is 585 g/mol. The van der Waals surface area contributed by atoms with Gasteiger partial charge in [-0.2, -0.15) is 0 Å². The topological polar surface area (TPSA) is 87.7 Å². The number of rotatable bonds is 2. The molecule has 4 rings (SSSR count). The smallest absolute Gasteiger partial charge is 1.00 e. The number of aromatic hydroxyl groups is 1. The van der Waals surface area contributed by atoms with E-state index in [2.05, 4.69) is 6.07 Å². The van der Waals surface area contributed by atoms with Crippen molar-refractivity contribution in [3.05, 3.63) is 69.4 Å². The van der Waals surface area contributed by atoms with Crippen LogP contribution in [-0.4, -0.2) is 33.0 Å². The molecule has 0 atom stereocenters. The predicted octanol–water partition coefficient (Wildman–Crippen LogP) is 3.12. The summed E-state index contributed by atoms with van der Waals surface area (Å²) in [6.07, 6.45) is 0. The van der Waals surface area contributed by atoms with Gasteiger partial charge in [0.2, 0.25) is 0 Å². The van der Waals surface area contributed by atoms with E-state index in [-0.39, 0.29) is 54.6 Å². The van der Waals surface area contributed by atoms with Crippen LogP contribution < -0.4 is 9.78 Å². The molecule has 11 heteroatoms. The molecule has 2 radical (unpaired) electrons. The second-order valence-corrected chi connectivity index (χ2v) is 7.10. The molecule has 0 bridgehead atoms. The van der Waals surface area contributed by atoms with E-state index < -0.39 is 51.5 Å². The van der Waals surface area contributed by atoms with Gasteiger partial charge in [0, 0.05) is 0 Å². The van der Waals surface area contributed by atoms with E-state index in [0.29, 0.717) is 0 Å². The van der Waals surface area contributed by atoms with Crippen LogP contribution in [-0.2, 0) is 22.4 Å². The first-order valence-electron chi connectivity index (χ1n) is 8.06. The Labute approximate surface area is 194 Å². The molecule has 2 aliphatic rings. The van der Waals surface area contributed by atoms with Crippen LogP contribution in [0.25, 0.3) is 33.4 Å². The number of phenolic OH excluding ortho intramolecular Hbond substituents is 1. The number of fused-ring (bicyclic) bond motifs is 2. The van der Waals surface area contributed by atoms with Gasteiger partial charge in [-0.1, -0.05) is 0 Å². The molecule has 0 saturated carbocycles. The largest absolute Gasteiger partial charge is 1.00 e. The second kappa shape index (κ2) is 8.16. The fourth-order valence-corrected chi connectivity index (χ4v) is 3.68. The zero-order valence-corrected chi connectivity index (χ0v) is 18.0. The van der Waals surface area contributed by atoms with E-state index in [1.807, 2.05) is 16.9 Å². The van der Waals surface area contributed by atoms with Crippen molar-refractivity contribution in [3.63, 3.8) is 0 Å². The molecule has 160 valence electrons. The van der Waals surface area contributed by atoms with Gasteiger partial charge < -0.3 is 0 Å². The summed E-state index contributed by atoms with van der Waals surface area (Å²) >= 11 is 1.91. The summed E-state index contributed by atoms with van der Waals surface area (Å²) in [5.41, 5.74) is -3.71. The van der Waals surface area contributed by atoms with Crippen molar-refractivity contribution < 1.29 is 59.4 Å². The first kappa shape index (κ1) is 23.1. The Kier molecular flexibility index (Phi) is 6.08. The van der Waals surface area contributed by atoms with Crippen LogP contribution in [0.2, 0.25) is 0 Å². The van der Waals surface area contributed by atoms with Gasteiger partial charge in [-0.3, -0.25) is 0 Å². The second-order valence-electron chi connectivity index (χ2n) is 6.16. The molecule has 0 amide bonds. The van der Waals surface area contributed by atoms with Crippen LogP contribution in [0.15, 0.2) is 33.5 Å². The first-order chi connectivity index (χ1) is 14.1. The molecule has 1 aliphatic heterocycles. The minimum absolute atomic E-state index is 0.